The number of hydrogen-bond acceptors (Lipinski definition) is 5. The van der Waals surface area contributed by atoms with E-state index in [9.17, 15) is 9.18 Å². The Bertz CT molecular complexity index is 1510. The second-order valence-electron chi connectivity index (χ2n) is 8.09. The summed E-state index contributed by atoms with van der Waals surface area (Å²) in [4.78, 5) is 17.3. The number of nitrogens with zero attached hydrogens (tertiary/aromatic N) is 5. The summed E-state index contributed by atoms with van der Waals surface area (Å²) in [5.74, 6) is 0.216. The smallest absolute Gasteiger partial charge is 0.246 e. The van der Waals surface area contributed by atoms with Crippen molar-refractivity contribution < 1.29 is 13.9 Å². The molecule has 0 bridgehead atoms. The van der Waals surface area contributed by atoms with Crippen LogP contribution in [0.4, 0.5) is 10.1 Å². The molecule has 35 heavy (non-hydrogen) atoms. The monoisotopic (exact) mass is 470 g/mol. The molecule has 0 radical (unpaired) electrons. The Morgan fingerprint density at radius 3 is 2.69 bits per heavy atom. The summed E-state index contributed by atoms with van der Waals surface area (Å²) in [5.41, 5.74) is 4.44. The summed E-state index contributed by atoms with van der Waals surface area (Å²) >= 11 is 0. The number of aryl methyl sites for hydroxylation is 1. The molecule has 176 valence electrons. The van der Waals surface area contributed by atoms with Crippen molar-refractivity contribution >= 4 is 22.6 Å². The number of halogens is 1. The minimum Gasteiger partial charge on any atom is -0.497 e. The maximum absolute atomic E-state index is 13.9. The van der Waals surface area contributed by atoms with Crippen LogP contribution in [-0.2, 0) is 17.9 Å². The van der Waals surface area contributed by atoms with Gasteiger partial charge in [0.25, 0.3) is 0 Å². The lowest BCUT2D eigenvalue weighted by molar-refractivity contribution is -0.116. The summed E-state index contributed by atoms with van der Waals surface area (Å²) in [6.07, 6.45) is 4.91. The Hall–Kier alpha value is -4.53. The predicted molar refractivity (Wildman–Crippen MR) is 131 cm³/mol. The molecule has 0 saturated carbocycles. The van der Waals surface area contributed by atoms with Crippen molar-refractivity contribution in [1.29, 1.82) is 0 Å². The van der Waals surface area contributed by atoms with Crippen molar-refractivity contribution in [2.24, 2.45) is 0 Å². The summed E-state index contributed by atoms with van der Waals surface area (Å²) in [7, 11) is 1.63. The number of pyridine rings is 1. The van der Waals surface area contributed by atoms with Gasteiger partial charge in [-0.25, -0.2) is 14.1 Å². The zero-order valence-electron chi connectivity index (χ0n) is 19.3. The molecule has 9 heteroatoms. The van der Waals surface area contributed by atoms with Gasteiger partial charge in [-0.15, -0.1) is 0 Å². The van der Waals surface area contributed by atoms with Crippen molar-refractivity contribution in [3.63, 3.8) is 0 Å². The summed E-state index contributed by atoms with van der Waals surface area (Å²) < 4.78 is 22.3. The Morgan fingerprint density at radius 1 is 1.11 bits per heavy atom. The van der Waals surface area contributed by atoms with E-state index in [1.807, 2.05) is 37.3 Å². The molecule has 0 aliphatic heterocycles. The van der Waals surface area contributed by atoms with Gasteiger partial charge in [0.15, 0.2) is 5.65 Å². The average Bonchev–Trinajstić information content (AvgIpc) is 3.44. The molecule has 8 nitrogen and oxygen atoms in total. The van der Waals surface area contributed by atoms with E-state index in [1.165, 1.54) is 12.3 Å². The third-order valence-electron chi connectivity index (χ3n) is 5.71. The highest BCUT2D eigenvalue weighted by Crippen LogP contribution is 2.30. The maximum atomic E-state index is 13.9. The molecular formula is C26H23FN6O2. The van der Waals surface area contributed by atoms with Gasteiger partial charge in [-0.1, -0.05) is 30.3 Å². The van der Waals surface area contributed by atoms with Gasteiger partial charge in [0.2, 0.25) is 5.91 Å². The number of amides is 1. The number of nitrogens with one attached hydrogen (secondary N) is 1. The van der Waals surface area contributed by atoms with Gasteiger partial charge in [-0.3, -0.25) is 9.48 Å². The van der Waals surface area contributed by atoms with Gasteiger partial charge in [0.1, 0.15) is 18.1 Å². The molecule has 0 spiro atoms. The molecular weight excluding hydrogens is 447 g/mol. The number of aromatic nitrogens is 5. The molecule has 0 saturated heterocycles. The molecule has 3 heterocycles. The van der Waals surface area contributed by atoms with Gasteiger partial charge in [0, 0.05) is 23.3 Å². The van der Waals surface area contributed by atoms with Crippen LogP contribution >= 0.6 is 0 Å². The number of carbonyl (C=O) groups is 1. The number of ether oxygens (including phenoxy) is 1. The molecule has 0 atom stereocenters. The standard InChI is InChI=1S/C26H23FN6O2/c1-17-25-22(18-7-9-21(35-2)10-8-18)11-12-28-26(25)33(31-17)16-24(34)30-20-13-29-32(15-20)14-19-5-3-4-6-23(19)27/h3-13,15H,14,16H2,1-2H3,(H,30,34). The first-order chi connectivity index (χ1) is 17.0. The van der Waals surface area contributed by atoms with E-state index >= 15 is 0 Å². The zero-order chi connectivity index (χ0) is 24.4. The fourth-order valence-electron chi connectivity index (χ4n) is 4.06. The van der Waals surface area contributed by atoms with Crippen LogP contribution in [0.2, 0.25) is 0 Å². The first kappa shape index (κ1) is 22.3. The average molecular weight is 471 g/mol. The van der Waals surface area contributed by atoms with E-state index in [4.69, 9.17) is 4.74 Å². The fraction of sp³-hybridized carbons (Fsp3) is 0.154. The molecule has 3 aromatic heterocycles. The number of rotatable bonds is 7. The number of methoxy groups -OCH3 is 1. The molecule has 0 aliphatic carbocycles. The van der Waals surface area contributed by atoms with Crippen LogP contribution in [0, 0.1) is 12.7 Å². The van der Waals surface area contributed by atoms with Crippen LogP contribution in [0.3, 0.4) is 0 Å². The predicted octanol–water partition coefficient (Wildman–Crippen LogP) is 4.44. The fourth-order valence-corrected chi connectivity index (χ4v) is 4.06. The second kappa shape index (κ2) is 9.38. The molecule has 1 amide bonds. The highest BCUT2D eigenvalue weighted by Gasteiger charge is 2.16. The minimum absolute atomic E-state index is 0.0120. The van der Waals surface area contributed by atoms with Crippen molar-refractivity contribution in [2.75, 3.05) is 12.4 Å². The van der Waals surface area contributed by atoms with Gasteiger partial charge in [-0.2, -0.15) is 10.2 Å². The third kappa shape index (κ3) is 4.61. The summed E-state index contributed by atoms with van der Waals surface area (Å²) in [5, 5.41) is 12.5. The molecule has 1 N–H and O–H groups in total. The van der Waals surface area contributed by atoms with Crippen LogP contribution in [0.5, 0.6) is 5.75 Å². The normalized spacial score (nSPS) is 11.1. The van der Waals surface area contributed by atoms with E-state index in [2.05, 4.69) is 20.5 Å². The van der Waals surface area contributed by atoms with E-state index < -0.39 is 0 Å². The number of carbonyl (C=O) groups excluding carboxylic acids is 1. The molecule has 5 aromatic rings. The molecule has 0 unspecified atom stereocenters. The largest absolute Gasteiger partial charge is 0.497 e. The van der Waals surface area contributed by atoms with E-state index in [-0.39, 0.29) is 24.8 Å². The lowest BCUT2D eigenvalue weighted by atomic mass is 10.0. The molecule has 5 rings (SSSR count). The second-order valence-corrected chi connectivity index (χ2v) is 8.09. The number of anilines is 1. The van der Waals surface area contributed by atoms with Crippen LogP contribution in [0.1, 0.15) is 11.3 Å². The molecule has 2 aromatic carbocycles. The van der Waals surface area contributed by atoms with Crippen molar-refractivity contribution in [2.45, 2.75) is 20.0 Å². The zero-order valence-corrected chi connectivity index (χ0v) is 19.3. The quantitative estimate of drug-likeness (QED) is 0.380. The molecule has 0 fully saturated rings. The van der Waals surface area contributed by atoms with Crippen LogP contribution in [0.25, 0.3) is 22.2 Å². The van der Waals surface area contributed by atoms with E-state index in [1.54, 1.807) is 47.1 Å². The maximum Gasteiger partial charge on any atom is 0.246 e. The Balaban J connectivity index is 1.33. The van der Waals surface area contributed by atoms with Crippen molar-refractivity contribution in [3.05, 3.63) is 90.3 Å². The lowest BCUT2D eigenvalue weighted by Gasteiger charge is -2.07. The SMILES string of the molecule is COc1ccc(-c2ccnc3c2c(C)nn3CC(=O)Nc2cnn(Cc3ccccc3F)c2)cc1. The first-order valence-corrected chi connectivity index (χ1v) is 11.0. The molecule has 0 aliphatic rings. The summed E-state index contributed by atoms with van der Waals surface area (Å²) in [6.45, 7) is 2.16. The number of hydrogen-bond donors (Lipinski definition) is 1. The highest BCUT2D eigenvalue weighted by molar-refractivity contribution is 5.96. The number of benzene rings is 2. The number of fused-ring (bicyclic) bond motifs is 1. The van der Waals surface area contributed by atoms with Gasteiger partial charge in [-0.05, 0) is 42.3 Å². The van der Waals surface area contributed by atoms with Gasteiger partial charge in [0.05, 0.1) is 31.2 Å². The van der Waals surface area contributed by atoms with Crippen molar-refractivity contribution in [1.82, 2.24) is 24.5 Å². The first-order valence-electron chi connectivity index (χ1n) is 11.0. The topological polar surface area (TPSA) is 86.9 Å². The Kier molecular flexibility index (Phi) is 5.97. The van der Waals surface area contributed by atoms with E-state index in [0.717, 1.165) is 28.0 Å². The Morgan fingerprint density at radius 2 is 1.91 bits per heavy atom. The Labute approximate surface area is 201 Å². The van der Waals surface area contributed by atoms with Crippen LogP contribution in [0.15, 0.2) is 73.2 Å². The van der Waals surface area contributed by atoms with Gasteiger partial charge >= 0.3 is 0 Å². The third-order valence-corrected chi connectivity index (χ3v) is 5.71. The van der Waals surface area contributed by atoms with Crippen LogP contribution in [-0.4, -0.2) is 37.6 Å². The summed E-state index contributed by atoms with van der Waals surface area (Å²) in [6, 6.07) is 16.2. The lowest BCUT2D eigenvalue weighted by Crippen LogP contribution is -2.19. The van der Waals surface area contributed by atoms with E-state index in [0.29, 0.717) is 16.9 Å². The highest BCUT2D eigenvalue weighted by atomic mass is 19.1. The van der Waals surface area contributed by atoms with Gasteiger partial charge < -0.3 is 10.1 Å². The minimum atomic E-state index is -0.295. The van der Waals surface area contributed by atoms with Crippen LogP contribution < -0.4 is 10.1 Å². The van der Waals surface area contributed by atoms with Crippen molar-refractivity contribution in [3.8, 4) is 16.9 Å².